The van der Waals surface area contributed by atoms with E-state index in [1.807, 2.05) is 30.5 Å². The lowest BCUT2D eigenvalue weighted by molar-refractivity contribution is 0.407. The predicted molar refractivity (Wildman–Crippen MR) is 85.4 cm³/mol. The van der Waals surface area contributed by atoms with Crippen LogP contribution in [0.1, 0.15) is 11.1 Å². The Kier molecular flexibility index (Phi) is 4.33. The summed E-state index contributed by atoms with van der Waals surface area (Å²) in [6, 6.07) is 12.2. The number of H-pyrrole nitrogens is 1. The molecule has 1 aromatic carbocycles. The summed E-state index contributed by atoms with van der Waals surface area (Å²) in [6.45, 7) is 1.53. The predicted octanol–water partition coefficient (Wildman–Crippen LogP) is 3.44. The highest BCUT2D eigenvalue weighted by Gasteiger charge is 2.08. The Morgan fingerprint density at radius 2 is 2.00 bits per heavy atom. The van der Waals surface area contributed by atoms with Crippen molar-refractivity contribution in [2.75, 3.05) is 7.11 Å². The van der Waals surface area contributed by atoms with Crippen LogP contribution >= 0.6 is 11.3 Å². The van der Waals surface area contributed by atoms with Crippen molar-refractivity contribution < 1.29 is 4.74 Å². The Balaban J connectivity index is 1.65. The summed E-state index contributed by atoms with van der Waals surface area (Å²) in [5.41, 5.74) is 3.42. The Bertz CT molecular complexity index is 691. The van der Waals surface area contributed by atoms with Crippen molar-refractivity contribution in [2.24, 2.45) is 0 Å². The van der Waals surface area contributed by atoms with Gasteiger partial charge in [-0.25, -0.2) is 0 Å². The van der Waals surface area contributed by atoms with E-state index >= 15 is 0 Å². The molecule has 2 aromatic heterocycles. The highest BCUT2D eigenvalue weighted by molar-refractivity contribution is 7.13. The van der Waals surface area contributed by atoms with Crippen molar-refractivity contribution in [3.63, 3.8) is 0 Å². The van der Waals surface area contributed by atoms with Crippen LogP contribution in [0.15, 0.2) is 48.0 Å². The van der Waals surface area contributed by atoms with Crippen LogP contribution in [-0.2, 0) is 13.1 Å². The zero-order valence-electron chi connectivity index (χ0n) is 11.8. The lowest BCUT2D eigenvalue weighted by atomic mass is 10.2. The van der Waals surface area contributed by atoms with Crippen LogP contribution in [0, 0.1) is 0 Å². The number of para-hydroxylation sites is 1. The van der Waals surface area contributed by atoms with Crippen molar-refractivity contribution in [1.29, 1.82) is 0 Å². The fourth-order valence-electron chi connectivity index (χ4n) is 2.26. The van der Waals surface area contributed by atoms with Crippen molar-refractivity contribution >= 4 is 11.3 Å². The van der Waals surface area contributed by atoms with Crippen LogP contribution in [0.5, 0.6) is 5.75 Å². The number of aromatic nitrogens is 2. The van der Waals surface area contributed by atoms with E-state index in [2.05, 4.69) is 33.0 Å². The fourth-order valence-corrected chi connectivity index (χ4v) is 3.02. The van der Waals surface area contributed by atoms with Crippen molar-refractivity contribution in [3.05, 3.63) is 59.1 Å². The summed E-state index contributed by atoms with van der Waals surface area (Å²) in [6.07, 6.45) is 1.88. The number of rotatable bonds is 6. The Morgan fingerprint density at radius 1 is 1.14 bits per heavy atom. The molecule has 3 rings (SSSR count). The van der Waals surface area contributed by atoms with Crippen LogP contribution in [0.4, 0.5) is 0 Å². The third-order valence-electron chi connectivity index (χ3n) is 3.31. The minimum Gasteiger partial charge on any atom is -0.496 e. The van der Waals surface area contributed by atoms with Crippen LogP contribution in [0.25, 0.3) is 10.6 Å². The maximum atomic E-state index is 5.36. The van der Waals surface area contributed by atoms with E-state index in [1.54, 1.807) is 18.4 Å². The molecule has 108 valence electrons. The molecule has 2 heterocycles. The molecule has 21 heavy (non-hydrogen) atoms. The van der Waals surface area contributed by atoms with Gasteiger partial charge in [0.15, 0.2) is 0 Å². The number of ether oxygens (including phenoxy) is 1. The number of thiophene rings is 1. The molecule has 0 unspecified atom stereocenters. The average molecular weight is 299 g/mol. The van der Waals surface area contributed by atoms with Gasteiger partial charge in [0.2, 0.25) is 0 Å². The monoisotopic (exact) mass is 299 g/mol. The molecule has 0 aliphatic rings. The SMILES string of the molecule is COc1ccccc1CNCc1cn[nH]c1-c1cccs1. The van der Waals surface area contributed by atoms with Gasteiger partial charge in [-0.1, -0.05) is 24.3 Å². The molecule has 2 N–H and O–H groups in total. The van der Waals surface area contributed by atoms with Crippen molar-refractivity contribution in [1.82, 2.24) is 15.5 Å². The molecule has 0 bridgehead atoms. The third-order valence-corrected chi connectivity index (χ3v) is 4.20. The number of aromatic amines is 1. The van der Waals surface area contributed by atoms with Gasteiger partial charge < -0.3 is 10.1 Å². The number of nitrogens with zero attached hydrogens (tertiary/aromatic N) is 1. The lowest BCUT2D eigenvalue weighted by Crippen LogP contribution is -2.13. The molecule has 0 fully saturated rings. The largest absolute Gasteiger partial charge is 0.496 e. The number of hydrogen-bond donors (Lipinski definition) is 2. The smallest absolute Gasteiger partial charge is 0.123 e. The second kappa shape index (κ2) is 6.56. The van der Waals surface area contributed by atoms with E-state index in [0.717, 1.165) is 30.1 Å². The Morgan fingerprint density at radius 3 is 2.81 bits per heavy atom. The molecule has 0 saturated carbocycles. The quantitative estimate of drug-likeness (QED) is 0.733. The first kappa shape index (κ1) is 13.9. The molecule has 0 radical (unpaired) electrons. The summed E-state index contributed by atoms with van der Waals surface area (Å²) in [5, 5.41) is 12.7. The first-order chi connectivity index (χ1) is 10.4. The summed E-state index contributed by atoms with van der Waals surface area (Å²) < 4.78 is 5.36. The minimum atomic E-state index is 0.763. The molecule has 0 aliphatic carbocycles. The van der Waals surface area contributed by atoms with Gasteiger partial charge in [-0.2, -0.15) is 5.10 Å². The maximum absolute atomic E-state index is 5.36. The van der Waals surface area contributed by atoms with Crippen molar-refractivity contribution in [3.8, 4) is 16.3 Å². The topological polar surface area (TPSA) is 49.9 Å². The van der Waals surface area contributed by atoms with Gasteiger partial charge in [0.1, 0.15) is 5.75 Å². The minimum absolute atomic E-state index is 0.763. The highest BCUT2D eigenvalue weighted by atomic mass is 32.1. The normalized spacial score (nSPS) is 10.7. The second-order valence-corrected chi connectivity index (χ2v) is 5.61. The van der Waals surface area contributed by atoms with Gasteiger partial charge in [-0.15, -0.1) is 11.3 Å². The van der Waals surface area contributed by atoms with Gasteiger partial charge in [-0.3, -0.25) is 5.10 Å². The molecule has 0 spiro atoms. The third kappa shape index (κ3) is 3.15. The Hall–Kier alpha value is -2.11. The molecule has 4 nitrogen and oxygen atoms in total. The summed E-state index contributed by atoms with van der Waals surface area (Å²) in [4.78, 5) is 1.21. The number of hydrogen-bond acceptors (Lipinski definition) is 4. The highest BCUT2D eigenvalue weighted by Crippen LogP contribution is 2.25. The zero-order valence-corrected chi connectivity index (χ0v) is 12.6. The molecular weight excluding hydrogens is 282 g/mol. The summed E-state index contributed by atoms with van der Waals surface area (Å²) >= 11 is 1.71. The number of benzene rings is 1. The molecule has 0 aliphatic heterocycles. The van der Waals surface area contributed by atoms with Crippen LogP contribution in [0.2, 0.25) is 0 Å². The summed E-state index contributed by atoms with van der Waals surface area (Å²) in [7, 11) is 1.70. The lowest BCUT2D eigenvalue weighted by Gasteiger charge is -2.09. The van der Waals surface area contributed by atoms with Gasteiger partial charge in [0, 0.05) is 24.2 Å². The molecule has 0 atom stereocenters. The van der Waals surface area contributed by atoms with Crippen LogP contribution in [0.3, 0.4) is 0 Å². The van der Waals surface area contributed by atoms with Gasteiger partial charge >= 0.3 is 0 Å². The van der Waals surface area contributed by atoms with Crippen molar-refractivity contribution in [2.45, 2.75) is 13.1 Å². The number of methoxy groups -OCH3 is 1. The van der Waals surface area contributed by atoms with Gasteiger partial charge in [0.05, 0.1) is 23.9 Å². The van der Waals surface area contributed by atoms with E-state index in [4.69, 9.17) is 4.74 Å². The summed E-state index contributed by atoms with van der Waals surface area (Å²) in [5.74, 6) is 0.913. The van der Waals surface area contributed by atoms with Crippen LogP contribution in [-0.4, -0.2) is 17.3 Å². The average Bonchev–Trinajstić information content (AvgIpc) is 3.18. The standard InChI is InChI=1S/C16H17N3OS/c1-20-14-6-3-2-5-12(14)9-17-10-13-11-18-19-16(13)15-7-4-8-21-15/h2-8,11,17H,9-10H2,1H3,(H,18,19). The molecular formula is C16H17N3OS. The van der Waals surface area contributed by atoms with Crippen LogP contribution < -0.4 is 10.1 Å². The second-order valence-electron chi connectivity index (χ2n) is 4.66. The first-order valence-electron chi connectivity index (χ1n) is 6.77. The van der Waals surface area contributed by atoms with E-state index in [0.29, 0.717) is 0 Å². The molecule has 0 amide bonds. The van der Waals surface area contributed by atoms with E-state index in [9.17, 15) is 0 Å². The first-order valence-corrected chi connectivity index (χ1v) is 7.65. The van der Waals surface area contributed by atoms with Gasteiger partial charge in [0.25, 0.3) is 0 Å². The van der Waals surface area contributed by atoms with E-state index in [-0.39, 0.29) is 0 Å². The maximum Gasteiger partial charge on any atom is 0.123 e. The van der Waals surface area contributed by atoms with E-state index in [1.165, 1.54) is 10.4 Å². The van der Waals surface area contributed by atoms with E-state index < -0.39 is 0 Å². The molecule has 3 aromatic rings. The Labute approximate surface area is 127 Å². The molecule has 5 heteroatoms. The fraction of sp³-hybridized carbons (Fsp3) is 0.188. The van der Waals surface area contributed by atoms with Gasteiger partial charge in [-0.05, 0) is 17.5 Å². The molecule has 0 saturated heterocycles. The zero-order chi connectivity index (χ0) is 14.5. The number of nitrogens with one attached hydrogen (secondary N) is 2.